The van der Waals surface area contributed by atoms with Crippen molar-refractivity contribution >= 4 is 41.1 Å². The largest absolute Gasteiger partial charge is 0.463 e. The normalized spacial score (nSPS) is 15.1. The lowest BCUT2D eigenvalue weighted by atomic mass is 10.3. The van der Waals surface area contributed by atoms with Crippen molar-refractivity contribution in [2.24, 2.45) is 0 Å². The van der Waals surface area contributed by atoms with Gasteiger partial charge in [-0.1, -0.05) is 36.4 Å². The van der Waals surface area contributed by atoms with E-state index in [2.05, 4.69) is 55.7 Å². The van der Waals surface area contributed by atoms with E-state index in [1.165, 1.54) is 0 Å². The Morgan fingerprint density at radius 3 is 1.70 bits per heavy atom. The maximum Gasteiger partial charge on any atom is 0.323 e. The van der Waals surface area contributed by atoms with Gasteiger partial charge in [-0.05, 0) is 37.1 Å². The van der Waals surface area contributed by atoms with Crippen LogP contribution in [0.15, 0.2) is 60.7 Å². The average molecular weight is 600 g/mol. The maximum atomic E-state index is 5.99. The minimum atomic E-state index is 0.289. The molecule has 0 unspecified atom stereocenters. The number of morpholine rings is 2. The summed E-state index contributed by atoms with van der Waals surface area (Å²) in [6, 6.07) is 19.9. The second-order valence-corrected chi connectivity index (χ2v) is 10.2. The van der Waals surface area contributed by atoms with Gasteiger partial charge in [0.15, 0.2) is 0 Å². The van der Waals surface area contributed by atoms with E-state index in [0.29, 0.717) is 82.4 Å². The van der Waals surface area contributed by atoms with E-state index >= 15 is 0 Å². The SMILES string of the molecule is c1ccc(Nc2nc(NCCCCOc3nc(Nc4ccccc4)nc(N4CCOCC4)n3)nc(N3CCOCC3)n2)cc1. The summed E-state index contributed by atoms with van der Waals surface area (Å²) in [6.07, 6.45) is 1.61. The lowest BCUT2D eigenvalue weighted by Crippen LogP contribution is -2.37. The molecule has 3 N–H and O–H groups in total. The number of para-hydroxylation sites is 2. The van der Waals surface area contributed by atoms with Crippen LogP contribution in [0.3, 0.4) is 0 Å². The van der Waals surface area contributed by atoms with Crippen LogP contribution in [0.2, 0.25) is 0 Å². The number of aromatic nitrogens is 6. The molecule has 14 heteroatoms. The topological polar surface area (TPSA) is 148 Å². The van der Waals surface area contributed by atoms with Gasteiger partial charge in [0, 0.05) is 44.1 Å². The predicted molar refractivity (Wildman–Crippen MR) is 168 cm³/mol. The molecule has 0 atom stereocenters. The molecule has 2 aromatic carbocycles. The Labute approximate surface area is 256 Å². The van der Waals surface area contributed by atoms with Gasteiger partial charge >= 0.3 is 6.01 Å². The van der Waals surface area contributed by atoms with Gasteiger partial charge in [-0.15, -0.1) is 0 Å². The van der Waals surface area contributed by atoms with Crippen LogP contribution < -0.4 is 30.5 Å². The highest BCUT2D eigenvalue weighted by Gasteiger charge is 2.18. The highest BCUT2D eigenvalue weighted by atomic mass is 16.5. The van der Waals surface area contributed by atoms with Crippen LogP contribution in [0, 0.1) is 0 Å². The molecule has 0 spiro atoms. The first-order valence-corrected chi connectivity index (χ1v) is 15.0. The van der Waals surface area contributed by atoms with Crippen molar-refractivity contribution in [3.8, 4) is 6.01 Å². The van der Waals surface area contributed by atoms with Gasteiger partial charge in [0.25, 0.3) is 0 Å². The number of nitrogens with zero attached hydrogens (tertiary/aromatic N) is 8. The summed E-state index contributed by atoms with van der Waals surface area (Å²) in [7, 11) is 0. The first-order valence-electron chi connectivity index (χ1n) is 15.0. The van der Waals surface area contributed by atoms with E-state index in [9.17, 15) is 0 Å². The van der Waals surface area contributed by atoms with Gasteiger partial charge in [-0.2, -0.15) is 29.9 Å². The van der Waals surface area contributed by atoms with Crippen LogP contribution in [-0.4, -0.2) is 95.7 Å². The number of anilines is 7. The van der Waals surface area contributed by atoms with Crippen LogP contribution in [0.1, 0.15) is 12.8 Å². The van der Waals surface area contributed by atoms with Gasteiger partial charge in [0.05, 0.1) is 33.0 Å². The Kier molecular flexibility index (Phi) is 10.0. The smallest absolute Gasteiger partial charge is 0.323 e. The third kappa shape index (κ3) is 8.39. The van der Waals surface area contributed by atoms with Crippen LogP contribution in [0.4, 0.5) is 41.1 Å². The van der Waals surface area contributed by atoms with Crippen LogP contribution in [0.25, 0.3) is 0 Å². The van der Waals surface area contributed by atoms with Gasteiger partial charge in [-0.25, -0.2) is 0 Å². The summed E-state index contributed by atoms with van der Waals surface area (Å²) in [6.45, 7) is 6.58. The molecule has 14 nitrogen and oxygen atoms in total. The summed E-state index contributed by atoms with van der Waals surface area (Å²) in [5, 5.41) is 9.89. The number of hydrogen-bond acceptors (Lipinski definition) is 14. The van der Waals surface area contributed by atoms with Crippen molar-refractivity contribution in [1.29, 1.82) is 0 Å². The van der Waals surface area contributed by atoms with Crippen molar-refractivity contribution < 1.29 is 14.2 Å². The van der Waals surface area contributed by atoms with Crippen molar-refractivity contribution in [1.82, 2.24) is 29.9 Å². The zero-order chi connectivity index (χ0) is 29.8. The zero-order valence-electron chi connectivity index (χ0n) is 24.6. The molecular formula is C30H37N11O3. The van der Waals surface area contributed by atoms with Crippen LogP contribution >= 0.6 is 0 Å². The molecule has 44 heavy (non-hydrogen) atoms. The lowest BCUT2D eigenvalue weighted by molar-refractivity contribution is 0.122. The lowest BCUT2D eigenvalue weighted by Gasteiger charge is -2.27. The molecule has 0 aliphatic carbocycles. The third-order valence-corrected chi connectivity index (χ3v) is 6.96. The van der Waals surface area contributed by atoms with E-state index < -0.39 is 0 Å². The van der Waals surface area contributed by atoms with E-state index in [-0.39, 0.29) is 6.01 Å². The highest BCUT2D eigenvalue weighted by Crippen LogP contribution is 2.21. The summed E-state index contributed by atoms with van der Waals surface area (Å²) < 4.78 is 17.0. The van der Waals surface area contributed by atoms with Gasteiger partial charge < -0.3 is 40.0 Å². The Balaban J connectivity index is 1.05. The number of ether oxygens (including phenoxy) is 3. The third-order valence-electron chi connectivity index (χ3n) is 6.96. The minimum absolute atomic E-state index is 0.289. The van der Waals surface area contributed by atoms with E-state index in [1.807, 2.05) is 60.7 Å². The monoisotopic (exact) mass is 599 g/mol. The Bertz CT molecular complexity index is 1340. The summed E-state index contributed by atoms with van der Waals surface area (Å²) in [5.41, 5.74) is 1.80. The van der Waals surface area contributed by atoms with Crippen molar-refractivity contribution in [3.05, 3.63) is 60.7 Å². The summed E-state index contributed by atoms with van der Waals surface area (Å²) in [4.78, 5) is 31.9. The zero-order valence-corrected chi connectivity index (χ0v) is 24.6. The molecule has 0 bridgehead atoms. The molecule has 2 aromatic heterocycles. The predicted octanol–water partition coefficient (Wildman–Crippen LogP) is 3.49. The fourth-order valence-corrected chi connectivity index (χ4v) is 4.67. The molecule has 4 heterocycles. The molecule has 2 aliphatic rings. The maximum absolute atomic E-state index is 5.99. The molecule has 2 fully saturated rings. The molecule has 2 aliphatic heterocycles. The Morgan fingerprint density at radius 1 is 0.591 bits per heavy atom. The van der Waals surface area contributed by atoms with Crippen molar-refractivity contribution in [3.63, 3.8) is 0 Å². The van der Waals surface area contributed by atoms with E-state index in [0.717, 1.165) is 37.3 Å². The number of hydrogen-bond donors (Lipinski definition) is 3. The van der Waals surface area contributed by atoms with Gasteiger partial charge in [-0.3, -0.25) is 0 Å². The second kappa shape index (κ2) is 15.1. The molecule has 0 amide bonds. The molecule has 2 saturated heterocycles. The van der Waals surface area contributed by atoms with Gasteiger partial charge in [0.1, 0.15) is 0 Å². The highest BCUT2D eigenvalue weighted by molar-refractivity contribution is 5.56. The van der Waals surface area contributed by atoms with Crippen molar-refractivity contribution in [2.75, 3.05) is 91.5 Å². The first kappa shape index (κ1) is 29.3. The van der Waals surface area contributed by atoms with Crippen LogP contribution in [-0.2, 0) is 9.47 Å². The Hall–Kier alpha value is -4.82. The van der Waals surface area contributed by atoms with E-state index in [4.69, 9.17) is 14.2 Å². The quantitative estimate of drug-likeness (QED) is 0.193. The van der Waals surface area contributed by atoms with Crippen LogP contribution in [0.5, 0.6) is 6.01 Å². The Morgan fingerprint density at radius 2 is 1.11 bits per heavy atom. The number of nitrogens with one attached hydrogen (secondary N) is 3. The average Bonchev–Trinajstić information content (AvgIpc) is 3.08. The minimum Gasteiger partial charge on any atom is -0.463 e. The number of rotatable bonds is 13. The molecule has 4 aromatic rings. The molecule has 0 saturated carbocycles. The molecule has 0 radical (unpaired) electrons. The van der Waals surface area contributed by atoms with Crippen molar-refractivity contribution in [2.45, 2.75) is 12.8 Å². The summed E-state index contributed by atoms with van der Waals surface area (Å²) in [5.74, 6) is 2.65. The molecule has 6 rings (SSSR count). The standard InChI is InChI=1S/C30H37N11O3/c1-3-9-23(10-4-1)32-26-34-25(35-28(36-26)40-14-19-42-20-15-40)31-13-7-8-18-44-30-38-27(33-24-11-5-2-6-12-24)37-29(39-30)41-16-21-43-22-17-41/h1-6,9-12H,7-8,13-22H2,(H,33,37,38,39)(H2,31,32,34,35,36). The molecular weight excluding hydrogens is 562 g/mol. The van der Waals surface area contributed by atoms with E-state index in [1.54, 1.807) is 0 Å². The molecule has 230 valence electrons. The number of benzene rings is 2. The first-order chi connectivity index (χ1) is 21.8. The fourth-order valence-electron chi connectivity index (χ4n) is 4.67. The summed E-state index contributed by atoms with van der Waals surface area (Å²) >= 11 is 0. The second-order valence-electron chi connectivity index (χ2n) is 10.2. The van der Waals surface area contributed by atoms with Gasteiger partial charge in [0.2, 0.25) is 29.7 Å². The fraction of sp³-hybridized carbons (Fsp3) is 0.400. The number of unbranched alkanes of at least 4 members (excludes halogenated alkanes) is 1.